The number of halogens is 1. The smallest absolute Gasteiger partial charge is 0.223 e. The van der Waals surface area contributed by atoms with E-state index in [4.69, 9.17) is 11.6 Å². The van der Waals surface area contributed by atoms with E-state index in [1.807, 2.05) is 47.4 Å². The number of carbonyl (C=O) groups excluding carboxylic acids is 2. The van der Waals surface area contributed by atoms with E-state index in [-0.39, 0.29) is 17.7 Å². The summed E-state index contributed by atoms with van der Waals surface area (Å²) in [7, 11) is 0. The standard InChI is InChI=1S/C21H23ClN2O2/c1-16(25)23-11-13-24(14-12-23)21(26)15-20(17-5-3-2-4-6-17)18-7-9-19(22)10-8-18/h2-10,20H,11-15H2,1H3/t20-/m1/s1. The Bertz CT molecular complexity index is 753. The molecule has 3 rings (SSSR count). The Morgan fingerprint density at radius 1 is 0.885 bits per heavy atom. The summed E-state index contributed by atoms with van der Waals surface area (Å²) < 4.78 is 0. The average Bonchev–Trinajstić information content (AvgIpc) is 2.67. The number of carbonyl (C=O) groups is 2. The van der Waals surface area contributed by atoms with Crippen LogP contribution in [0.5, 0.6) is 0 Å². The third kappa shape index (κ3) is 4.44. The summed E-state index contributed by atoms with van der Waals surface area (Å²) in [5.74, 6) is 0.184. The molecule has 1 heterocycles. The average molecular weight is 371 g/mol. The largest absolute Gasteiger partial charge is 0.339 e. The summed E-state index contributed by atoms with van der Waals surface area (Å²) >= 11 is 6.02. The van der Waals surface area contributed by atoms with Gasteiger partial charge in [-0.3, -0.25) is 9.59 Å². The number of nitrogens with zero attached hydrogens (tertiary/aromatic N) is 2. The van der Waals surface area contributed by atoms with Crippen LogP contribution in [-0.4, -0.2) is 47.8 Å². The van der Waals surface area contributed by atoms with Crippen LogP contribution in [0.3, 0.4) is 0 Å². The van der Waals surface area contributed by atoms with Crippen LogP contribution in [0.15, 0.2) is 54.6 Å². The third-order valence-corrected chi connectivity index (χ3v) is 5.18. The highest BCUT2D eigenvalue weighted by molar-refractivity contribution is 6.30. The molecule has 136 valence electrons. The molecule has 0 bridgehead atoms. The minimum Gasteiger partial charge on any atom is -0.339 e. The second kappa shape index (κ2) is 8.37. The van der Waals surface area contributed by atoms with Crippen molar-refractivity contribution in [2.24, 2.45) is 0 Å². The van der Waals surface area contributed by atoms with Crippen LogP contribution in [0.25, 0.3) is 0 Å². The molecule has 26 heavy (non-hydrogen) atoms. The molecule has 0 saturated carbocycles. The maximum Gasteiger partial charge on any atom is 0.223 e. The molecule has 2 amide bonds. The third-order valence-electron chi connectivity index (χ3n) is 4.93. The number of hydrogen-bond acceptors (Lipinski definition) is 2. The maximum atomic E-state index is 12.9. The van der Waals surface area contributed by atoms with Crippen molar-refractivity contribution in [1.29, 1.82) is 0 Å². The molecule has 1 atom stereocenters. The van der Waals surface area contributed by atoms with Crippen molar-refractivity contribution in [3.63, 3.8) is 0 Å². The topological polar surface area (TPSA) is 40.6 Å². The number of amides is 2. The van der Waals surface area contributed by atoms with Crippen molar-refractivity contribution in [3.05, 3.63) is 70.7 Å². The summed E-state index contributed by atoms with van der Waals surface area (Å²) in [5, 5.41) is 0.687. The Morgan fingerprint density at radius 3 is 2.00 bits per heavy atom. The monoisotopic (exact) mass is 370 g/mol. The van der Waals surface area contributed by atoms with Crippen LogP contribution in [0.2, 0.25) is 5.02 Å². The maximum absolute atomic E-state index is 12.9. The normalized spacial score (nSPS) is 15.6. The minimum atomic E-state index is -0.00759. The Kier molecular flexibility index (Phi) is 5.94. The number of rotatable bonds is 4. The summed E-state index contributed by atoms with van der Waals surface area (Å²) in [6.45, 7) is 3.99. The van der Waals surface area contributed by atoms with Gasteiger partial charge in [-0.1, -0.05) is 54.1 Å². The number of piperazine rings is 1. The molecular formula is C21H23ClN2O2. The highest BCUT2D eigenvalue weighted by Gasteiger charge is 2.25. The first-order valence-corrected chi connectivity index (χ1v) is 9.26. The number of hydrogen-bond donors (Lipinski definition) is 0. The second-order valence-corrected chi connectivity index (χ2v) is 7.04. The molecule has 2 aromatic carbocycles. The van der Waals surface area contributed by atoms with E-state index in [9.17, 15) is 9.59 Å². The molecular weight excluding hydrogens is 348 g/mol. The van der Waals surface area contributed by atoms with Gasteiger partial charge >= 0.3 is 0 Å². The molecule has 0 N–H and O–H groups in total. The van der Waals surface area contributed by atoms with Crippen LogP contribution < -0.4 is 0 Å². The predicted molar refractivity (Wildman–Crippen MR) is 103 cm³/mol. The molecule has 0 aliphatic carbocycles. The Labute approximate surface area is 159 Å². The Morgan fingerprint density at radius 2 is 1.42 bits per heavy atom. The van der Waals surface area contributed by atoms with E-state index in [0.29, 0.717) is 37.6 Å². The molecule has 0 unspecified atom stereocenters. The molecule has 2 aromatic rings. The first-order chi connectivity index (χ1) is 12.5. The van der Waals surface area contributed by atoms with Crippen molar-refractivity contribution in [2.75, 3.05) is 26.2 Å². The molecule has 1 saturated heterocycles. The lowest BCUT2D eigenvalue weighted by Gasteiger charge is -2.35. The molecule has 0 aromatic heterocycles. The second-order valence-electron chi connectivity index (χ2n) is 6.61. The molecule has 0 spiro atoms. The van der Waals surface area contributed by atoms with Gasteiger partial charge in [-0.05, 0) is 23.3 Å². The zero-order valence-electron chi connectivity index (χ0n) is 14.9. The fraction of sp³-hybridized carbons (Fsp3) is 0.333. The Hall–Kier alpha value is -2.33. The number of benzene rings is 2. The summed E-state index contributed by atoms with van der Waals surface area (Å²) in [6, 6.07) is 17.8. The lowest BCUT2D eigenvalue weighted by molar-refractivity contribution is -0.138. The van der Waals surface area contributed by atoms with Crippen LogP contribution >= 0.6 is 11.6 Å². The van der Waals surface area contributed by atoms with Crippen molar-refractivity contribution in [1.82, 2.24) is 9.80 Å². The molecule has 4 nitrogen and oxygen atoms in total. The summed E-state index contributed by atoms with van der Waals surface area (Å²) in [4.78, 5) is 28.0. The van der Waals surface area contributed by atoms with Gasteiger partial charge in [0.05, 0.1) is 0 Å². The van der Waals surface area contributed by atoms with E-state index in [2.05, 4.69) is 12.1 Å². The summed E-state index contributed by atoms with van der Waals surface area (Å²) in [5.41, 5.74) is 2.20. The van der Waals surface area contributed by atoms with Crippen molar-refractivity contribution in [2.45, 2.75) is 19.3 Å². The van der Waals surface area contributed by atoms with Crippen LogP contribution in [-0.2, 0) is 9.59 Å². The van der Waals surface area contributed by atoms with E-state index in [1.165, 1.54) is 0 Å². The van der Waals surface area contributed by atoms with Gasteiger partial charge in [0.25, 0.3) is 0 Å². The quantitative estimate of drug-likeness (QED) is 0.825. The molecule has 5 heteroatoms. The van der Waals surface area contributed by atoms with Gasteiger partial charge in [0, 0.05) is 50.5 Å². The molecule has 1 aliphatic heterocycles. The molecule has 1 fully saturated rings. The zero-order valence-corrected chi connectivity index (χ0v) is 15.7. The van der Waals surface area contributed by atoms with Gasteiger partial charge in [0.2, 0.25) is 11.8 Å². The van der Waals surface area contributed by atoms with Gasteiger partial charge in [-0.25, -0.2) is 0 Å². The van der Waals surface area contributed by atoms with E-state index in [0.717, 1.165) is 11.1 Å². The highest BCUT2D eigenvalue weighted by Crippen LogP contribution is 2.29. The van der Waals surface area contributed by atoms with E-state index in [1.54, 1.807) is 11.8 Å². The van der Waals surface area contributed by atoms with Crippen LogP contribution in [0.4, 0.5) is 0 Å². The van der Waals surface area contributed by atoms with Gasteiger partial charge < -0.3 is 9.80 Å². The highest BCUT2D eigenvalue weighted by atomic mass is 35.5. The summed E-state index contributed by atoms with van der Waals surface area (Å²) in [6.07, 6.45) is 0.408. The lowest BCUT2D eigenvalue weighted by atomic mass is 9.88. The van der Waals surface area contributed by atoms with Crippen LogP contribution in [0, 0.1) is 0 Å². The van der Waals surface area contributed by atoms with E-state index >= 15 is 0 Å². The van der Waals surface area contributed by atoms with Gasteiger partial charge in [-0.15, -0.1) is 0 Å². The van der Waals surface area contributed by atoms with Crippen LogP contribution in [0.1, 0.15) is 30.4 Å². The van der Waals surface area contributed by atoms with Crippen molar-refractivity contribution >= 4 is 23.4 Å². The van der Waals surface area contributed by atoms with Gasteiger partial charge in [0.1, 0.15) is 0 Å². The zero-order chi connectivity index (χ0) is 18.5. The van der Waals surface area contributed by atoms with Gasteiger partial charge in [0.15, 0.2) is 0 Å². The fourth-order valence-electron chi connectivity index (χ4n) is 3.38. The fourth-order valence-corrected chi connectivity index (χ4v) is 3.51. The minimum absolute atomic E-state index is 0.00759. The van der Waals surface area contributed by atoms with Crippen molar-refractivity contribution in [3.8, 4) is 0 Å². The molecule has 0 radical (unpaired) electrons. The first kappa shape index (κ1) is 18.5. The van der Waals surface area contributed by atoms with E-state index < -0.39 is 0 Å². The SMILES string of the molecule is CC(=O)N1CCN(C(=O)C[C@H](c2ccccc2)c2ccc(Cl)cc2)CC1. The van der Waals surface area contributed by atoms with Gasteiger partial charge in [-0.2, -0.15) is 0 Å². The molecule has 1 aliphatic rings. The predicted octanol–water partition coefficient (Wildman–Crippen LogP) is 3.55. The lowest BCUT2D eigenvalue weighted by Crippen LogP contribution is -2.50. The Balaban J connectivity index is 1.75. The van der Waals surface area contributed by atoms with Crippen molar-refractivity contribution < 1.29 is 9.59 Å². The first-order valence-electron chi connectivity index (χ1n) is 8.88.